The second-order valence-electron chi connectivity index (χ2n) is 11.4. The molecule has 0 saturated heterocycles. The Morgan fingerprint density at radius 3 is 2.16 bits per heavy atom. The molecule has 0 saturated carbocycles. The molecule has 0 amide bonds. The summed E-state index contributed by atoms with van der Waals surface area (Å²) in [5.74, 6) is 2.53. The van der Waals surface area contributed by atoms with Crippen LogP contribution in [0.15, 0.2) is 95.5 Å². The van der Waals surface area contributed by atoms with Crippen molar-refractivity contribution >= 4 is 26.7 Å². The van der Waals surface area contributed by atoms with Crippen LogP contribution in [0.25, 0.3) is 21.9 Å². The lowest BCUT2D eigenvalue weighted by Gasteiger charge is -2.42. The van der Waals surface area contributed by atoms with Crippen LogP contribution in [0.4, 0.5) is 0 Å². The molecule has 0 spiro atoms. The van der Waals surface area contributed by atoms with Crippen molar-refractivity contribution in [1.29, 1.82) is 0 Å². The van der Waals surface area contributed by atoms with E-state index in [9.17, 15) is 0 Å². The molecule has 0 aliphatic carbocycles. The first-order valence-corrected chi connectivity index (χ1v) is 15.7. The summed E-state index contributed by atoms with van der Waals surface area (Å²) in [5, 5.41) is 2.04. The molecule has 5 aromatic carbocycles. The lowest BCUT2D eigenvalue weighted by molar-refractivity contribution is 0.125. The lowest BCUT2D eigenvalue weighted by atomic mass is 9.84. The van der Waals surface area contributed by atoms with Crippen molar-refractivity contribution < 1.29 is 14.2 Å². The van der Waals surface area contributed by atoms with E-state index in [1.807, 2.05) is 18.2 Å². The zero-order valence-corrected chi connectivity index (χ0v) is 27.1. The summed E-state index contributed by atoms with van der Waals surface area (Å²) in [6, 6.07) is 32.3. The van der Waals surface area contributed by atoms with Crippen LogP contribution in [-0.4, -0.2) is 25.2 Å². The first kappa shape index (κ1) is 29.3. The molecule has 2 atom stereocenters. The highest BCUT2D eigenvalue weighted by Gasteiger charge is 2.35. The van der Waals surface area contributed by atoms with Gasteiger partial charge in [-0.3, -0.25) is 4.90 Å². The Hall–Kier alpha value is -3.80. The van der Waals surface area contributed by atoms with Crippen LogP contribution in [0.2, 0.25) is 0 Å². The predicted octanol–water partition coefficient (Wildman–Crippen LogP) is 9.68. The Bertz CT molecular complexity index is 1750. The highest BCUT2D eigenvalue weighted by atomic mass is 79.9. The van der Waals surface area contributed by atoms with Gasteiger partial charge in [0.05, 0.1) is 19.6 Å². The Balaban J connectivity index is 1.59. The largest absolute Gasteiger partial charge is 0.496 e. The summed E-state index contributed by atoms with van der Waals surface area (Å²) in [6.45, 7) is 8.17. The van der Waals surface area contributed by atoms with Crippen molar-refractivity contribution in [1.82, 2.24) is 4.90 Å². The van der Waals surface area contributed by atoms with Crippen molar-refractivity contribution in [2.24, 2.45) is 0 Å². The number of hydrogen-bond donors (Lipinski definition) is 0. The van der Waals surface area contributed by atoms with Gasteiger partial charge in [-0.05, 0) is 78.6 Å². The van der Waals surface area contributed by atoms with Crippen LogP contribution in [0.3, 0.4) is 0 Å². The third-order valence-corrected chi connectivity index (χ3v) is 9.49. The van der Waals surface area contributed by atoms with Gasteiger partial charge < -0.3 is 14.2 Å². The normalized spacial score (nSPS) is 16.6. The molecule has 0 N–H and O–H groups in total. The van der Waals surface area contributed by atoms with Gasteiger partial charge in [0.1, 0.15) is 23.9 Å². The SMILES string of the molecule is COc1cccc2c(-c3cc(Br)c4c(c3OCc3ccccc3)[C@@H](C)N(Cc3ccccc3)[C@H](C)C4)c(C)cc(OC)c12. The molecule has 0 unspecified atom stereocenters. The molecule has 6 rings (SSSR count). The van der Waals surface area contributed by atoms with Crippen molar-refractivity contribution in [3.05, 3.63) is 123 Å². The van der Waals surface area contributed by atoms with Gasteiger partial charge in [0.2, 0.25) is 0 Å². The number of ether oxygens (including phenoxy) is 3. The molecule has 1 aliphatic heterocycles. The van der Waals surface area contributed by atoms with E-state index in [0.29, 0.717) is 12.6 Å². The molecule has 5 heteroatoms. The van der Waals surface area contributed by atoms with Gasteiger partial charge in [0.15, 0.2) is 0 Å². The number of rotatable bonds is 8. The van der Waals surface area contributed by atoms with Crippen LogP contribution in [0, 0.1) is 6.92 Å². The third-order valence-electron chi connectivity index (χ3n) is 8.78. The van der Waals surface area contributed by atoms with Gasteiger partial charge in [-0.1, -0.05) is 88.7 Å². The average molecular weight is 637 g/mol. The summed E-state index contributed by atoms with van der Waals surface area (Å²) >= 11 is 4.02. The molecular weight excluding hydrogens is 598 g/mol. The maximum Gasteiger partial charge on any atom is 0.132 e. The molecule has 0 radical (unpaired) electrons. The minimum absolute atomic E-state index is 0.139. The second kappa shape index (κ2) is 12.4. The minimum Gasteiger partial charge on any atom is -0.496 e. The maximum atomic E-state index is 6.94. The summed E-state index contributed by atoms with van der Waals surface area (Å²) < 4.78 is 19.7. The van der Waals surface area contributed by atoms with E-state index in [1.165, 1.54) is 16.7 Å². The Labute approximate surface area is 263 Å². The van der Waals surface area contributed by atoms with Gasteiger partial charge in [-0.2, -0.15) is 0 Å². The van der Waals surface area contributed by atoms with E-state index in [-0.39, 0.29) is 6.04 Å². The highest BCUT2D eigenvalue weighted by molar-refractivity contribution is 9.10. The summed E-state index contributed by atoms with van der Waals surface area (Å²) in [6.07, 6.45) is 0.936. The Morgan fingerprint density at radius 2 is 1.49 bits per heavy atom. The van der Waals surface area contributed by atoms with Gasteiger partial charge in [0, 0.05) is 34.2 Å². The maximum absolute atomic E-state index is 6.94. The number of benzene rings is 5. The Morgan fingerprint density at radius 1 is 0.814 bits per heavy atom. The fourth-order valence-corrected chi connectivity index (χ4v) is 7.30. The molecule has 0 bridgehead atoms. The minimum atomic E-state index is 0.139. The van der Waals surface area contributed by atoms with Crippen molar-refractivity contribution in [2.45, 2.75) is 52.4 Å². The standard InChI is InChI=1S/C38H38BrNO3/c1-24-19-34(42-5)37-29(17-12-18-33(37)41-4)35(24)31-21-32(39)30-20-25(2)40(22-27-13-8-6-9-14-27)26(3)36(30)38(31)43-23-28-15-10-7-11-16-28/h6-19,21,25-26H,20,22-23H2,1-5H3/t25-,26-/m1/s1. The van der Waals surface area contributed by atoms with E-state index in [2.05, 4.69) is 114 Å². The van der Waals surface area contributed by atoms with E-state index >= 15 is 0 Å². The molecule has 5 aromatic rings. The van der Waals surface area contributed by atoms with Gasteiger partial charge >= 0.3 is 0 Å². The number of halogens is 1. The van der Waals surface area contributed by atoms with E-state index in [1.54, 1.807) is 14.2 Å². The zero-order chi connectivity index (χ0) is 30.1. The van der Waals surface area contributed by atoms with Crippen LogP contribution < -0.4 is 14.2 Å². The first-order chi connectivity index (χ1) is 20.9. The number of aryl methyl sites for hydroxylation is 1. The van der Waals surface area contributed by atoms with Crippen LogP contribution in [0.1, 0.15) is 47.7 Å². The van der Waals surface area contributed by atoms with Crippen molar-refractivity contribution in [3.63, 3.8) is 0 Å². The molecule has 1 heterocycles. The molecule has 4 nitrogen and oxygen atoms in total. The topological polar surface area (TPSA) is 30.9 Å². The molecule has 43 heavy (non-hydrogen) atoms. The summed E-state index contributed by atoms with van der Waals surface area (Å²) in [5.41, 5.74) is 8.34. The van der Waals surface area contributed by atoms with Gasteiger partial charge in [0.25, 0.3) is 0 Å². The van der Waals surface area contributed by atoms with Crippen molar-refractivity contribution in [2.75, 3.05) is 14.2 Å². The van der Waals surface area contributed by atoms with E-state index in [4.69, 9.17) is 14.2 Å². The number of nitrogens with zero attached hydrogens (tertiary/aromatic N) is 1. The molecular formula is C38H38BrNO3. The molecule has 220 valence electrons. The van der Waals surface area contributed by atoms with Crippen LogP contribution >= 0.6 is 15.9 Å². The molecule has 1 aliphatic rings. The van der Waals surface area contributed by atoms with Gasteiger partial charge in [-0.25, -0.2) is 0 Å². The third kappa shape index (κ3) is 5.52. The predicted molar refractivity (Wildman–Crippen MR) is 179 cm³/mol. The fourth-order valence-electron chi connectivity index (χ4n) is 6.69. The summed E-state index contributed by atoms with van der Waals surface area (Å²) in [4.78, 5) is 2.60. The second-order valence-corrected chi connectivity index (χ2v) is 12.3. The quantitative estimate of drug-likeness (QED) is 0.170. The monoisotopic (exact) mass is 635 g/mol. The van der Waals surface area contributed by atoms with Crippen LogP contribution in [0.5, 0.6) is 17.2 Å². The highest BCUT2D eigenvalue weighted by Crippen LogP contribution is 2.51. The lowest BCUT2D eigenvalue weighted by Crippen LogP contribution is -2.41. The van der Waals surface area contributed by atoms with Crippen LogP contribution in [-0.2, 0) is 19.6 Å². The molecule has 0 fully saturated rings. The summed E-state index contributed by atoms with van der Waals surface area (Å²) in [7, 11) is 3.43. The van der Waals surface area contributed by atoms with E-state index < -0.39 is 0 Å². The van der Waals surface area contributed by atoms with Crippen molar-refractivity contribution in [3.8, 4) is 28.4 Å². The number of methoxy groups -OCH3 is 2. The smallest absolute Gasteiger partial charge is 0.132 e. The van der Waals surface area contributed by atoms with Gasteiger partial charge in [-0.15, -0.1) is 0 Å². The number of fused-ring (bicyclic) bond motifs is 2. The molecule has 0 aromatic heterocycles. The Kier molecular flexibility index (Phi) is 8.47. The van der Waals surface area contributed by atoms with E-state index in [0.717, 1.165) is 67.7 Å². The fraction of sp³-hybridized carbons (Fsp3) is 0.263. The first-order valence-electron chi connectivity index (χ1n) is 14.9. The average Bonchev–Trinajstić information content (AvgIpc) is 3.03. The zero-order valence-electron chi connectivity index (χ0n) is 25.5. The number of hydrogen-bond acceptors (Lipinski definition) is 4.